The Morgan fingerprint density at radius 2 is 2.11 bits per heavy atom. The van der Waals surface area contributed by atoms with Gasteiger partial charge in [-0.15, -0.1) is 0 Å². The van der Waals surface area contributed by atoms with E-state index in [2.05, 4.69) is 5.32 Å². The van der Waals surface area contributed by atoms with Gasteiger partial charge >= 0.3 is 0 Å². The van der Waals surface area contributed by atoms with Crippen LogP contribution in [0.1, 0.15) is 36.2 Å². The number of halogens is 1. The number of aliphatic hydroxyl groups is 1. The fourth-order valence-electron chi connectivity index (χ4n) is 3.90. The maximum absolute atomic E-state index is 13.0. The van der Waals surface area contributed by atoms with Gasteiger partial charge in [0.2, 0.25) is 5.91 Å². The minimum atomic E-state index is -0.410. The molecule has 0 aliphatic heterocycles. The van der Waals surface area contributed by atoms with Gasteiger partial charge in [0.05, 0.1) is 18.0 Å². The first-order valence-electron chi connectivity index (χ1n) is 9.34. The number of carbonyl (C=O) groups is 2. The van der Waals surface area contributed by atoms with Crippen molar-refractivity contribution >= 4 is 34.3 Å². The standard InChI is InChI=1S/C20H23ClN4O3/c1-24(12-22)20(28)15-4-2-3-5-16(15)23-19(27)18-10-13-6-7-14(21)11-17(13)25(18)8-9-26/h6-7,10-11,15-16,26H,2-5,8-9H2,1H3,(H,23,27)/t15-,16+/m1/s1. The summed E-state index contributed by atoms with van der Waals surface area (Å²) < 4.78 is 1.73. The molecular formula is C20H23ClN4O3. The second-order valence-corrected chi connectivity index (χ2v) is 7.51. The van der Waals surface area contributed by atoms with Crippen molar-refractivity contribution in [1.29, 1.82) is 5.26 Å². The van der Waals surface area contributed by atoms with Gasteiger partial charge in [-0.3, -0.25) is 14.5 Å². The van der Waals surface area contributed by atoms with Crippen LogP contribution in [-0.2, 0) is 11.3 Å². The van der Waals surface area contributed by atoms with E-state index in [0.29, 0.717) is 23.6 Å². The third-order valence-electron chi connectivity index (χ3n) is 5.30. The number of nitriles is 1. The first kappa shape index (κ1) is 20.2. The van der Waals surface area contributed by atoms with Gasteiger partial charge in [0, 0.05) is 30.0 Å². The van der Waals surface area contributed by atoms with Gasteiger partial charge in [-0.2, -0.15) is 5.26 Å². The molecule has 1 aromatic carbocycles. The number of hydrogen-bond donors (Lipinski definition) is 2. The number of aromatic nitrogens is 1. The Morgan fingerprint density at radius 3 is 2.82 bits per heavy atom. The molecule has 7 nitrogen and oxygen atoms in total. The molecule has 1 saturated carbocycles. The lowest BCUT2D eigenvalue weighted by Gasteiger charge is -2.32. The van der Waals surface area contributed by atoms with E-state index in [1.54, 1.807) is 22.8 Å². The molecule has 0 radical (unpaired) electrons. The third kappa shape index (κ3) is 3.98. The zero-order valence-corrected chi connectivity index (χ0v) is 16.4. The molecule has 1 heterocycles. The summed E-state index contributed by atoms with van der Waals surface area (Å²) in [6.45, 7) is 0.144. The second kappa shape index (κ2) is 8.63. The van der Waals surface area contributed by atoms with E-state index in [1.807, 2.05) is 12.3 Å². The van der Waals surface area contributed by atoms with Crippen molar-refractivity contribution in [2.24, 2.45) is 5.92 Å². The molecule has 8 heteroatoms. The highest BCUT2D eigenvalue weighted by molar-refractivity contribution is 6.31. The SMILES string of the molecule is CN(C#N)C(=O)[C@@H]1CCCC[C@@H]1NC(=O)c1cc2ccc(Cl)cc2n1CCO. The minimum absolute atomic E-state index is 0.117. The number of aliphatic hydroxyl groups excluding tert-OH is 1. The molecule has 2 N–H and O–H groups in total. The van der Waals surface area contributed by atoms with Crippen molar-refractivity contribution in [2.75, 3.05) is 13.7 Å². The first-order chi connectivity index (χ1) is 13.5. The lowest BCUT2D eigenvalue weighted by molar-refractivity contribution is -0.133. The Balaban J connectivity index is 1.88. The van der Waals surface area contributed by atoms with E-state index in [9.17, 15) is 14.7 Å². The molecule has 0 spiro atoms. The van der Waals surface area contributed by atoms with Crippen LogP contribution in [0.3, 0.4) is 0 Å². The summed E-state index contributed by atoms with van der Waals surface area (Å²) in [5.41, 5.74) is 1.18. The van der Waals surface area contributed by atoms with Crippen LogP contribution >= 0.6 is 11.6 Å². The molecule has 28 heavy (non-hydrogen) atoms. The Hall–Kier alpha value is -2.56. The van der Waals surface area contributed by atoms with E-state index in [1.165, 1.54) is 7.05 Å². The molecule has 2 aromatic rings. The summed E-state index contributed by atoms with van der Waals surface area (Å²) in [7, 11) is 1.44. The van der Waals surface area contributed by atoms with E-state index in [0.717, 1.165) is 28.6 Å². The predicted molar refractivity (Wildman–Crippen MR) is 106 cm³/mol. The summed E-state index contributed by atoms with van der Waals surface area (Å²) in [5, 5.41) is 22.8. The maximum atomic E-state index is 13.0. The highest BCUT2D eigenvalue weighted by Gasteiger charge is 2.34. The Morgan fingerprint density at radius 1 is 1.36 bits per heavy atom. The summed E-state index contributed by atoms with van der Waals surface area (Å²) >= 11 is 6.09. The number of amides is 2. The largest absolute Gasteiger partial charge is 0.395 e. The van der Waals surface area contributed by atoms with Crippen LogP contribution in [0.4, 0.5) is 0 Å². The zero-order valence-electron chi connectivity index (χ0n) is 15.7. The number of carbonyl (C=O) groups excluding carboxylic acids is 2. The molecule has 1 aromatic heterocycles. The van der Waals surface area contributed by atoms with E-state index >= 15 is 0 Å². The molecule has 0 saturated heterocycles. The van der Waals surface area contributed by atoms with E-state index in [4.69, 9.17) is 16.9 Å². The highest BCUT2D eigenvalue weighted by Crippen LogP contribution is 2.28. The summed E-state index contributed by atoms with van der Waals surface area (Å²) in [6.07, 6.45) is 4.99. The second-order valence-electron chi connectivity index (χ2n) is 7.08. The highest BCUT2D eigenvalue weighted by atomic mass is 35.5. The lowest BCUT2D eigenvalue weighted by Crippen LogP contribution is -2.48. The van der Waals surface area contributed by atoms with Crippen molar-refractivity contribution in [3.05, 3.63) is 35.0 Å². The number of rotatable bonds is 5. The summed E-state index contributed by atoms with van der Waals surface area (Å²) in [6, 6.07) is 6.78. The van der Waals surface area contributed by atoms with Crippen LogP contribution in [0.5, 0.6) is 0 Å². The predicted octanol–water partition coefficient (Wildman–Crippen LogP) is 2.52. The molecule has 1 aliphatic carbocycles. The van der Waals surface area contributed by atoms with Crippen molar-refractivity contribution < 1.29 is 14.7 Å². The van der Waals surface area contributed by atoms with Crippen molar-refractivity contribution in [1.82, 2.24) is 14.8 Å². The molecule has 0 bridgehead atoms. The average Bonchev–Trinajstić information content (AvgIpc) is 3.05. The molecule has 2 atom stereocenters. The summed E-state index contributed by atoms with van der Waals surface area (Å²) in [5.74, 6) is -0.979. The first-order valence-corrected chi connectivity index (χ1v) is 9.72. The van der Waals surface area contributed by atoms with Gasteiger partial charge in [-0.1, -0.05) is 30.5 Å². The molecule has 2 amide bonds. The summed E-state index contributed by atoms with van der Waals surface area (Å²) in [4.78, 5) is 26.6. The number of fused-ring (bicyclic) bond motifs is 1. The maximum Gasteiger partial charge on any atom is 0.268 e. The monoisotopic (exact) mass is 402 g/mol. The lowest BCUT2D eigenvalue weighted by atomic mass is 9.83. The van der Waals surface area contributed by atoms with E-state index in [-0.39, 0.29) is 31.0 Å². The third-order valence-corrected chi connectivity index (χ3v) is 5.54. The number of hydrogen-bond acceptors (Lipinski definition) is 4. The topological polar surface area (TPSA) is 98.4 Å². The van der Waals surface area contributed by atoms with Crippen molar-refractivity contribution in [3.63, 3.8) is 0 Å². The van der Waals surface area contributed by atoms with Crippen LogP contribution in [-0.4, -0.2) is 46.1 Å². The van der Waals surface area contributed by atoms with Gasteiger partial charge in [0.25, 0.3) is 5.91 Å². The molecule has 148 valence electrons. The van der Waals surface area contributed by atoms with Crippen molar-refractivity contribution in [2.45, 2.75) is 38.3 Å². The minimum Gasteiger partial charge on any atom is -0.395 e. The normalized spacial score (nSPS) is 19.2. The average molecular weight is 403 g/mol. The number of benzene rings is 1. The Bertz CT molecular complexity index is 933. The van der Waals surface area contributed by atoms with Crippen molar-refractivity contribution in [3.8, 4) is 6.19 Å². The van der Waals surface area contributed by atoms with Crippen LogP contribution in [0.15, 0.2) is 24.3 Å². The molecule has 3 rings (SSSR count). The van der Waals surface area contributed by atoms with Crippen LogP contribution in [0.25, 0.3) is 10.9 Å². The van der Waals surface area contributed by atoms with Crippen LogP contribution in [0, 0.1) is 17.4 Å². The van der Waals surface area contributed by atoms with Gasteiger partial charge < -0.3 is 15.0 Å². The number of nitrogens with one attached hydrogen (secondary N) is 1. The quantitative estimate of drug-likeness (QED) is 0.593. The van der Waals surface area contributed by atoms with Crippen LogP contribution < -0.4 is 5.32 Å². The van der Waals surface area contributed by atoms with Gasteiger partial charge in [-0.25, -0.2) is 0 Å². The molecule has 0 unspecified atom stereocenters. The Labute approximate surface area is 168 Å². The molecule has 1 fully saturated rings. The van der Waals surface area contributed by atoms with Gasteiger partial charge in [-0.05, 0) is 31.0 Å². The molecular weight excluding hydrogens is 380 g/mol. The van der Waals surface area contributed by atoms with Gasteiger partial charge in [0.15, 0.2) is 6.19 Å². The molecule has 1 aliphatic rings. The Kier molecular flexibility index (Phi) is 6.22. The zero-order chi connectivity index (χ0) is 20.3. The number of nitrogens with zero attached hydrogens (tertiary/aromatic N) is 3. The fourth-order valence-corrected chi connectivity index (χ4v) is 4.06. The fraction of sp³-hybridized carbons (Fsp3) is 0.450. The van der Waals surface area contributed by atoms with Gasteiger partial charge in [0.1, 0.15) is 5.69 Å². The smallest absolute Gasteiger partial charge is 0.268 e. The van der Waals surface area contributed by atoms with Crippen LogP contribution in [0.2, 0.25) is 5.02 Å². The van der Waals surface area contributed by atoms with E-state index < -0.39 is 5.92 Å².